The Bertz CT molecular complexity index is 1060. The van der Waals surface area contributed by atoms with Crippen molar-refractivity contribution >= 4 is 23.5 Å². The number of carbonyl (C=O) groups is 1. The van der Waals surface area contributed by atoms with Crippen LogP contribution < -0.4 is 20.3 Å². The van der Waals surface area contributed by atoms with E-state index < -0.39 is 11.7 Å². The lowest BCUT2D eigenvalue weighted by Crippen LogP contribution is -2.54. The molecule has 1 fully saturated rings. The van der Waals surface area contributed by atoms with E-state index in [1.165, 1.54) is 37.6 Å². The van der Waals surface area contributed by atoms with Gasteiger partial charge in [0.25, 0.3) is 5.91 Å². The molecule has 2 aromatic carbocycles. The topological polar surface area (TPSA) is 92.3 Å². The minimum atomic E-state index is -0.559. The number of nitrogens with zero attached hydrogens (tertiary/aromatic N) is 4. The van der Waals surface area contributed by atoms with Crippen molar-refractivity contribution in [1.29, 1.82) is 0 Å². The lowest BCUT2D eigenvalue weighted by Gasteiger charge is -2.38. The second-order valence-corrected chi connectivity index (χ2v) is 6.64. The Balaban J connectivity index is 1.40. The molecule has 30 heavy (non-hydrogen) atoms. The molecule has 0 spiro atoms. The molecule has 0 atom stereocenters. The van der Waals surface area contributed by atoms with Crippen molar-refractivity contribution in [2.75, 3.05) is 30.4 Å². The van der Waals surface area contributed by atoms with Crippen LogP contribution in [0.4, 0.5) is 26.4 Å². The Morgan fingerprint density at radius 3 is 2.60 bits per heavy atom. The highest BCUT2D eigenvalue weighted by Gasteiger charge is 2.30. The fraction of sp³-hybridized carbons (Fsp3) is 0.200. The number of rotatable bonds is 6. The zero-order valence-electron chi connectivity index (χ0n) is 16.0. The smallest absolute Gasteiger partial charge is 0.251 e. The van der Waals surface area contributed by atoms with E-state index in [1.54, 1.807) is 12.1 Å². The van der Waals surface area contributed by atoms with Gasteiger partial charge in [0.1, 0.15) is 29.8 Å². The number of carbonyl (C=O) groups excluding carboxylic acids is 1. The number of halogens is 2. The maximum absolute atomic E-state index is 13.8. The van der Waals surface area contributed by atoms with Gasteiger partial charge < -0.3 is 20.3 Å². The molecule has 2 N–H and O–H groups in total. The molecule has 3 aromatic rings. The average Bonchev–Trinajstić information content (AvgIpc) is 2.71. The highest BCUT2D eigenvalue weighted by atomic mass is 19.1. The number of ether oxygens (including phenoxy) is 1. The number of benzene rings is 2. The molecule has 1 aromatic heterocycles. The van der Waals surface area contributed by atoms with Crippen LogP contribution in [0.1, 0.15) is 10.4 Å². The fourth-order valence-corrected chi connectivity index (χ4v) is 2.95. The van der Waals surface area contributed by atoms with E-state index in [0.717, 1.165) is 6.07 Å². The van der Waals surface area contributed by atoms with E-state index in [9.17, 15) is 13.6 Å². The highest BCUT2D eigenvalue weighted by molar-refractivity contribution is 5.95. The molecule has 0 saturated carbocycles. The summed E-state index contributed by atoms with van der Waals surface area (Å²) >= 11 is 0. The lowest BCUT2D eigenvalue weighted by atomic mass is 10.2. The van der Waals surface area contributed by atoms with Gasteiger partial charge in [-0.2, -0.15) is 4.98 Å². The van der Waals surface area contributed by atoms with Crippen molar-refractivity contribution in [3.63, 3.8) is 0 Å². The van der Waals surface area contributed by atoms with E-state index in [-0.39, 0.29) is 23.4 Å². The van der Waals surface area contributed by atoms with Crippen LogP contribution in [0.25, 0.3) is 0 Å². The Morgan fingerprint density at radius 1 is 1.10 bits per heavy atom. The summed E-state index contributed by atoms with van der Waals surface area (Å²) in [5, 5.41) is 5.34. The molecule has 0 aliphatic carbocycles. The quantitative estimate of drug-likeness (QED) is 0.643. The molecule has 1 saturated heterocycles. The SMILES string of the molecule is CNC(=O)c1cc(F)cc(Nc2ncnc(N3CC(Oc4ccc(F)cc4)C3)n2)c1. The third-order valence-corrected chi connectivity index (χ3v) is 4.45. The summed E-state index contributed by atoms with van der Waals surface area (Å²) in [6.45, 7) is 1.11. The molecule has 0 unspecified atom stereocenters. The summed E-state index contributed by atoms with van der Waals surface area (Å²) in [7, 11) is 1.47. The molecule has 10 heteroatoms. The van der Waals surface area contributed by atoms with Crippen molar-refractivity contribution in [1.82, 2.24) is 20.3 Å². The Labute approximate surface area is 170 Å². The van der Waals surface area contributed by atoms with E-state index in [1.807, 2.05) is 4.90 Å². The first kappa shape index (κ1) is 19.5. The van der Waals surface area contributed by atoms with Crippen LogP contribution in [0.5, 0.6) is 5.75 Å². The van der Waals surface area contributed by atoms with E-state index >= 15 is 0 Å². The molecule has 1 aliphatic rings. The zero-order chi connectivity index (χ0) is 21.1. The van der Waals surface area contributed by atoms with Gasteiger partial charge >= 0.3 is 0 Å². The van der Waals surface area contributed by atoms with Crippen molar-refractivity contribution in [3.05, 3.63) is 66.0 Å². The molecule has 1 aliphatic heterocycles. The van der Waals surface area contributed by atoms with Gasteiger partial charge in [-0.3, -0.25) is 4.79 Å². The third-order valence-electron chi connectivity index (χ3n) is 4.45. The third kappa shape index (κ3) is 4.43. The van der Waals surface area contributed by atoms with Gasteiger partial charge in [-0.05, 0) is 42.5 Å². The number of amides is 1. The summed E-state index contributed by atoms with van der Waals surface area (Å²) in [5.74, 6) is -0.0237. The van der Waals surface area contributed by atoms with Crippen LogP contribution in [0.2, 0.25) is 0 Å². The zero-order valence-corrected chi connectivity index (χ0v) is 16.0. The van der Waals surface area contributed by atoms with Crippen molar-refractivity contribution in [2.24, 2.45) is 0 Å². The predicted molar refractivity (Wildman–Crippen MR) is 106 cm³/mol. The standard InChI is InChI=1S/C20H18F2N6O2/c1-23-18(29)12-6-14(22)8-15(7-12)26-19-24-11-25-20(27-19)28-9-17(10-28)30-16-4-2-13(21)3-5-16/h2-8,11,17H,9-10H2,1H3,(H,23,29)(H,24,25,26,27). The molecule has 4 rings (SSSR count). The number of hydrogen-bond donors (Lipinski definition) is 2. The predicted octanol–water partition coefficient (Wildman–Crippen LogP) is 2.52. The van der Waals surface area contributed by atoms with Crippen LogP contribution in [-0.4, -0.2) is 47.1 Å². The molecule has 1 amide bonds. The van der Waals surface area contributed by atoms with Gasteiger partial charge in [0.15, 0.2) is 0 Å². The van der Waals surface area contributed by atoms with Crippen molar-refractivity contribution in [2.45, 2.75) is 6.10 Å². The monoisotopic (exact) mass is 412 g/mol. The average molecular weight is 412 g/mol. The molecule has 154 valence electrons. The maximum atomic E-state index is 13.8. The van der Waals surface area contributed by atoms with Crippen LogP contribution in [0.15, 0.2) is 48.8 Å². The summed E-state index contributed by atoms with van der Waals surface area (Å²) in [6.07, 6.45) is 1.28. The van der Waals surface area contributed by atoms with Gasteiger partial charge in [0.05, 0.1) is 13.1 Å². The number of anilines is 3. The molecular formula is C20H18F2N6O2. The van der Waals surface area contributed by atoms with Crippen LogP contribution in [-0.2, 0) is 0 Å². The summed E-state index contributed by atoms with van der Waals surface area (Å²) < 4.78 is 32.6. The number of hydrogen-bond acceptors (Lipinski definition) is 7. The van der Waals surface area contributed by atoms with E-state index in [0.29, 0.717) is 30.5 Å². The first-order valence-electron chi connectivity index (χ1n) is 9.16. The maximum Gasteiger partial charge on any atom is 0.251 e. The number of nitrogens with one attached hydrogen (secondary N) is 2. The molecule has 0 radical (unpaired) electrons. The van der Waals surface area contributed by atoms with Crippen LogP contribution >= 0.6 is 0 Å². The van der Waals surface area contributed by atoms with Gasteiger partial charge in [0, 0.05) is 18.3 Å². The Kier molecular flexibility index (Phi) is 5.38. The number of aromatic nitrogens is 3. The summed E-state index contributed by atoms with van der Waals surface area (Å²) in [5.41, 5.74) is 0.518. The first-order chi connectivity index (χ1) is 14.5. The summed E-state index contributed by atoms with van der Waals surface area (Å²) in [4.78, 5) is 26.2. The Hall–Kier alpha value is -3.82. The van der Waals surface area contributed by atoms with Gasteiger partial charge in [-0.25, -0.2) is 18.7 Å². The van der Waals surface area contributed by atoms with Crippen LogP contribution in [0, 0.1) is 11.6 Å². The minimum Gasteiger partial charge on any atom is -0.487 e. The van der Waals surface area contributed by atoms with Crippen molar-refractivity contribution in [3.8, 4) is 5.75 Å². The van der Waals surface area contributed by atoms with Crippen molar-refractivity contribution < 1.29 is 18.3 Å². The van der Waals surface area contributed by atoms with E-state index in [2.05, 4.69) is 25.6 Å². The minimum absolute atomic E-state index is 0.0676. The molecule has 0 bridgehead atoms. The van der Waals surface area contributed by atoms with Gasteiger partial charge in [-0.1, -0.05) is 0 Å². The van der Waals surface area contributed by atoms with Crippen LogP contribution in [0.3, 0.4) is 0 Å². The summed E-state index contributed by atoms with van der Waals surface area (Å²) in [6, 6.07) is 9.73. The molecule has 8 nitrogen and oxygen atoms in total. The fourth-order valence-electron chi connectivity index (χ4n) is 2.95. The highest BCUT2D eigenvalue weighted by Crippen LogP contribution is 2.23. The van der Waals surface area contributed by atoms with Gasteiger partial charge in [-0.15, -0.1) is 0 Å². The second kappa shape index (κ2) is 8.27. The Morgan fingerprint density at radius 2 is 1.87 bits per heavy atom. The largest absolute Gasteiger partial charge is 0.487 e. The van der Waals surface area contributed by atoms with E-state index in [4.69, 9.17) is 4.74 Å². The normalized spacial score (nSPS) is 13.5. The first-order valence-corrected chi connectivity index (χ1v) is 9.16. The van der Waals surface area contributed by atoms with Gasteiger partial charge in [0.2, 0.25) is 11.9 Å². The lowest BCUT2D eigenvalue weighted by molar-refractivity contribution is 0.0962. The second-order valence-electron chi connectivity index (χ2n) is 6.64. The molecular weight excluding hydrogens is 394 g/mol. The molecule has 2 heterocycles.